The largest absolute Gasteiger partial charge is 0.486 e. The van der Waals surface area contributed by atoms with Crippen molar-refractivity contribution < 1.29 is 18.9 Å². The van der Waals surface area contributed by atoms with Crippen LogP contribution in [-0.2, 0) is 35.5 Å². The molecule has 20 heteroatoms. The molecule has 2 amide bonds. The van der Waals surface area contributed by atoms with Crippen LogP contribution in [0, 0.1) is 0 Å². The van der Waals surface area contributed by atoms with Gasteiger partial charge in [-0.2, -0.15) is 10.2 Å². The summed E-state index contributed by atoms with van der Waals surface area (Å²) in [4.78, 5) is 43.5. The van der Waals surface area contributed by atoms with Crippen LogP contribution in [-0.4, -0.2) is 87.2 Å². The van der Waals surface area contributed by atoms with Crippen LogP contribution in [0.25, 0.3) is 28.4 Å². The number of nitrogens with one attached hydrogen (secondary N) is 2. The zero-order valence-corrected chi connectivity index (χ0v) is 44.5. The van der Waals surface area contributed by atoms with Crippen LogP contribution in [0.2, 0.25) is 0 Å². The van der Waals surface area contributed by atoms with Crippen molar-refractivity contribution in [2.45, 2.75) is 103 Å². The van der Waals surface area contributed by atoms with Gasteiger partial charge >= 0.3 is 7.12 Å². The minimum absolute atomic E-state index is 0.184. The number of carbonyl (C=O) groups is 2. The smallest absolute Gasteiger partial charge is 0.400 e. The molecule has 0 spiro atoms. The van der Waals surface area contributed by atoms with Gasteiger partial charge in [0.05, 0.1) is 107 Å². The predicted octanol–water partition coefficient (Wildman–Crippen LogP) is 9.28. The Bertz CT molecular complexity index is 3780. The van der Waals surface area contributed by atoms with E-state index in [0.29, 0.717) is 49.1 Å². The number of nitrogens with zero attached hydrogens (tertiary/aromatic N) is 12. The molecule has 76 heavy (non-hydrogen) atoms. The SMILES string of the molecule is C=CB1OC(C)(C)C(C)(C)O1.C=Cc1ccn2cnc(CNC(=O)c3cnn(Cc4cn5cc(C6CC6)ccc5n4)c3)c2c1.O=C(NCc1ncn2ccc(Br)cc12)c1cnn(Cc2cn3cc(C4CC4)ccc3n2)c1. The maximum atomic E-state index is 12.7. The Kier molecular flexibility index (Phi) is 13.6. The predicted molar refractivity (Wildman–Crippen MR) is 294 cm³/mol. The number of hydrogen-bond donors (Lipinski definition) is 2. The molecule has 2 saturated carbocycles. The zero-order valence-electron chi connectivity index (χ0n) is 42.9. The van der Waals surface area contributed by atoms with E-state index in [-0.39, 0.29) is 30.1 Å². The van der Waals surface area contributed by atoms with Crippen LogP contribution < -0.4 is 10.6 Å². The van der Waals surface area contributed by atoms with E-state index in [1.807, 2.05) is 85.5 Å². The second kappa shape index (κ2) is 20.6. The number of carbonyl (C=O) groups excluding carboxylic acids is 2. The van der Waals surface area contributed by atoms with E-state index in [2.05, 4.69) is 115 Å². The average molecular weight is 1080 g/mol. The van der Waals surface area contributed by atoms with Gasteiger partial charge in [0, 0.05) is 54.0 Å². The van der Waals surface area contributed by atoms with Crippen LogP contribution in [0.4, 0.5) is 0 Å². The fraction of sp³-hybridized carbons (Fsp3) is 0.286. The summed E-state index contributed by atoms with van der Waals surface area (Å²) in [7, 11) is -0.250. The molecular weight excluding hydrogens is 1020 g/mol. The second-order valence-electron chi connectivity index (χ2n) is 20.5. The summed E-state index contributed by atoms with van der Waals surface area (Å²) in [5, 5.41) is 14.6. The number of amides is 2. The third-order valence-corrected chi connectivity index (χ3v) is 14.8. The number of halogens is 1. The first kappa shape index (κ1) is 50.2. The molecular formula is C56H58BBrN14O4. The Labute approximate surface area is 447 Å². The van der Waals surface area contributed by atoms with Crippen LogP contribution >= 0.6 is 15.9 Å². The molecule has 10 aromatic rings. The maximum absolute atomic E-state index is 12.7. The number of fused-ring (bicyclic) bond motifs is 4. The van der Waals surface area contributed by atoms with Gasteiger partial charge in [0.2, 0.25) is 0 Å². The Morgan fingerprint density at radius 2 is 1.16 bits per heavy atom. The van der Waals surface area contributed by atoms with Gasteiger partial charge in [-0.05, 0) is 118 Å². The maximum Gasteiger partial charge on any atom is 0.486 e. The highest BCUT2D eigenvalue weighted by Crippen LogP contribution is 2.41. The lowest BCUT2D eigenvalue weighted by atomic mass is 9.90. The molecule has 0 bridgehead atoms. The van der Waals surface area contributed by atoms with Crippen molar-refractivity contribution in [3.63, 3.8) is 0 Å². The molecule has 1 aliphatic heterocycles. The first-order valence-electron chi connectivity index (χ1n) is 25.4. The quantitative estimate of drug-likeness (QED) is 0.0997. The van der Waals surface area contributed by atoms with E-state index in [4.69, 9.17) is 9.31 Å². The van der Waals surface area contributed by atoms with Crippen LogP contribution in [0.15, 0.2) is 147 Å². The molecule has 1 saturated heterocycles. The van der Waals surface area contributed by atoms with Crippen LogP contribution in [0.3, 0.4) is 0 Å². The average Bonchev–Trinajstić information content (AvgIpc) is 3.95. The monoisotopic (exact) mass is 1080 g/mol. The summed E-state index contributed by atoms with van der Waals surface area (Å²) in [6.45, 7) is 17.2. The first-order valence-corrected chi connectivity index (χ1v) is 26.2. The van der Waals surface area contributed by atoms with Crippen molar-refractivity contribution in [2.24, 2.45) is 0 Å². The number of hydrogen-bond acceptors (Lipinski definition) is 10. The Hall–Kier alpha value is -7.94. The van der Waals surface area contributed by atoms with Gasteiger partial charge in [-0.25, -0.2) is 19.9 Å². The lowest BCUT2D eigenvalue weighted by Crippen LogP contribution is -2.41. The minimum Gasteiger partial charge on any atom is -0.400 e. The molecule has 2 N–H and O–H groups in total. The van der Waals surface area contributed by atoms with Gasteiger partial charge in [-0.15, -0.1) is 6.58 Å². The molecule has 13 rings (SSSR count). The highest BCUT2D eigenvalue weighted by atomic mass is 79.9. The number of rotatable bonds is 14. The van der Waals surface area contributed by atoms with E-state index in [1.54, 1.807) is 58.9 Å². The first-order chi connectivity index (χ1) is 36.7. The van der Waals surface area contributed by atoms with Crippen molar-refractivity contribution >= 4 is 63.3 Å². The van der Waals surface area contributed by atoms with Crippen LogP contribution in [0.1, 0.15) is 125 Å². The van der Waals surface area contributed by atoms with E-state index < -0.39 is 0 Å². The minimum atomic E-state index is -0.250. The highest BCUT2D eigenvalue weighted by molar-refractivity contribution is 9.10. The summed E-state index contributed by atoms with van der Waals surface area (Å²) >= 11 is 3.48. The third kappa shape index (κ3) is 11.1. The summed E-state index contributed by atoms with van der Waals surface area (Å²) in [6.07, 6.45) is 29.3. The summed E-state index contributed by atoms with van der Waals surface area (Å²) < 4.78 is 23.6. The molecule has 386 valence electrons. The van der Waals surface area contributed by atoms with Crippen molar-refractivity contribution in [3.8, 4) is 0 Å². The number of pyridine rings is 4. The van der Waals surface area contributed by atoms with Crippen LogP contribution in [0.5, 0.6) is 0 Å². The van der Waals surface area contributed by atoms with Gasteiger partial charge in [-0.1, -0.05) is 46.7 Å². The molecule has 18 nitrogen and oxygen atoms in total. The van der Waals surface area contributed by atoms with Gasteiger partial charge in [0.15, 0.2) is 0 Å². The van der Waals surface area contributed by atoms with Gasteiger partial charge < -0.3 is 37.5 Å². The summed E-state index contributed by atoms with van der Waals surface area (Å²) in [5.41, 5.74) is 11.5. The van der Waals surface area contributed by atoms with Crippen molar-refractivity contribution in [3.05, 3.63) is 197 Å². The normalized spacial score (nSPS) is 15.6. The second-order valence-corrected chi connectivity index (χ2v) is 21.4. The van der Waals surface area contributed by atoms with E-state index >= 15 is 0 Å². The molecule has 3 aliphatic rings. The molecule has 11 heterocycles. The molecule has 0 aromatic carbocycles. The Morgan fingerprint density at radius 3 is 1.62 bits per heavy atom. The Morgan fingerprint density at radius 1 is 0.671 bits per heavy atom. The number of aromatic nitrogens is 12. The molecule has 3 fully saturated rings. The molecule has 2 aliphatic carbocycles. The van der Waals surface area contributed by atoms with E-state index in [1.165, 1.54) is 36.8 Å². The topological polar surface area (TPSA) is 182 Å². The Balaban J connectivity index is 0.000000136. The lowest BCUT2D eigenvalue weighted by molar-refractivity contribution is 0.00578. The van der Waals surface area contributed by atoms with E-state index in [9.17, 15) is 9.59 Å². The highest BCUT2D eigenvalue weighted by Gasteiger charge is 2.49. The van der Waals surface area contributed by atoms with E-state index in [0.717, 1.165) is 55.1 Å². The zero-order chi connectivity index (χ0) is 52.7. The summed E-state index contributed by atoms with van der Waals surface area (Å²) in [6, 6.07) is 16.4. The van der Waals surface area contributed by atoms with Gasteiger partial charge in [0.1, 0.15) is 11.3 Å². The third-order valence-electron chi connectivity index (χ3n) is 14.3. The fourth-order valence-corrected chi connectivity index (χ4v) is 9.38. The number of imidazole rings is 4. The lowest BCUT2D eigenvalue weighted by Gasteiger charge is -2.32. The molecule has 0 unspecified atom stereocenters. The fourth-order valence-electron chi connectivity index (χ4n) is 9.05. The van der Waals surface area contributed by atoms with Gasteiger partial charge in [0.25, 0.3) is 11.8 Å². The van der Waals surface area contributed by atoms with Crippen molar-refractivity contribution in [1.82, 2.24) is 67.7 Å². The summed E-state index contributed by atoms with van der Waals surface area (Å²) in [5.74, 6) is 2.72. The molecule has 0 atom stereocenters. The molecule has 10 aromatic heterocycles. The standard InChI is InChI=1S/C25H23N7O.C23H20BrN7O.C8H15BO2/c1-2-17-7-8-30-16-27-22(23(30)9-17)11-26-25(33)20-10-28-32(13-20)15-21-14-31-12-19(18-3-4-18)5-6-24(31)29-21;24-18-5-6-29-14-26-20(21(29)7-18)9-25-23(32)17-8-27-31(11-17)13-19-12-30-10-16(15-1-2-15)3-4-22(30)28-19;1-6-9-10-7(2,3)8(4,5)11-9/h2,5-10,12-14,16,18H,1,3-4,11,15H2,(H,26,33);3-8,10-12,14-15H,1-2,9,13H2,(H,25,32);6H,1H2,2-5H3. The van der Waals surface area contributed by atoms with Crippen molar-refractivity contribution in [1.29, 1.82) is 0 Å². The van der Waals surface area contributed by atoms with Crippen molar-refractivity contribution in [2.75, 3.05) is 0 Å². The van der Waals surface area contributed by atoms with Gasteiger partial charge in [-0.3, -0.25) is 19.0 Å². The molecule has 0 radical (unpaired) electrons.